The maximum atomic E-state index is 12.0. The summed E-state index contributed by atoms with van der Waals surface area (Å²) in [5.41, 5.74) is 1.49. The van der Waals surface area contributed by atoms with Gasteiger partial charge in [0.2, 0.25) is 0 Å². The molecule has 0 bridgehead atoms. The Kier molecular flexibility index (Phi) is 3.63. The predicted molar refractivity (Wildman–Crippen MR) is 68.7 cm³/mol. The summed E-state index contributed by atoms with van der Waals surface area (Å²) in [4.78, 5) is 21.5. The first kappa shape index (κ1) is 12.8. The van der Waals surface area contributed by atoms with Gasteiger partial charge in [-0.1, -0.05) is 0 Å². The summed E-state index contributed by atoms with van der Waals surface area (Å²) >= 11 is 0. The molecule has 6 nitrogen and oxygen atoms in total. The first-order valence-electron chi connectivity index (χ1n) is 6.74. The molecule has 0 saturated carbocycles. The third kappa shape index (κ3) is 2.70. The van der Waals surface area contributed by atoms with Crippen molar-refractivity contribution < 1.29 is 9.47 Å². The van der Waals surface area contributed by atoms with E-state index in [4.69, 9.17) is 9.47 Å². The van der Waals surface area contributed by atoms with E-state index in [0.29, 0.717) is 31.1 Å². The molecule has 1 saturated heterocycles. The van der Waals surface area contributed by atoms with Crippen LogP contribution >= 0.6 is 0 Å². The van der Waals surface area contributed by atoms with Crippen molar-refractivity contribution >= 4 is 0 Å². The fourth-order valence-corrected chi connectivity index (χ4v) is 2.62. The molecule has 1 aromatic rings. The lowest BCUT2D eigenvalue weighted by Crippen LogP contribution is -2.33. The molecule has 3 rings (SSSR count). The number of H-pyrrole nitrogens is 1. The molecule has 6 heteroatoms. The van der Waals surface area contributed by atoms with E-state index >= 15 is 0 Å². The van der Waals surface area contributed by atoms with E-state index in [1.807, 2.05) is 7.05 Å². The molecule has 0 radical (unpaired) electrons. The van der Waals surface area contributed by atoms with E-state index in [2.05, 4.69) is 14.9 Å². The van der Waals surface area contributed by atoms with E-state index in [1.165, 1.54) is 0 Å². The summed E-state index contributed by atoms with van der Waals surface area (Å²) in [6.07, 6.45) is 3.00. The molecule has 2 aliphatic rings. The molecule has 1 aromatic heterocycles. The number of hydrogen-bond donors (Lipinski definition) is 1. The Bertz CT molecular complexity index is 508. The Morgan fingerprint density at radius 3 is 3.16 bits per heavy atom. The summed E-state index contributed by atoms with van der Waals surface area (Å²) in [7, 11) is 2.00. The van der Waals surface area contributed by atoms with Gasteiger partial charge in [-0.25, -0.2) is 4.98 Å². The van der Waals surface area contributed by atoms with Crippen molar-refractivity contribution in [2.24, 2.45) is 0 Å². The Morgan fingerprint density at radius 2 is 2.37 bits per heavy atom. The predicted octanol–water partition coefficient (Wildman–Crippen LogP) is 0.411. The van der Waals surface area contributed by atoms with Crippen molar-refractivity contribution in [1.29, 1.82) is 0 Å². The van der Waals surface area contributed by atoms with Crippen LogP contribution in [-0.2, 0) is 29.0 Å². The lowest BCUT2D eigenvalue weighted by Gasteiger charge is -2.23. The van der Waals surface area contributed by atoms with Crippen LogP contribution in [0.5, 0.6) is 0 Å². The second-order valence-electron chi connectivity index (χ2n) is 5.12. The molecule has 1 fully saturated rings. The molecule has 1 atom stereocenters. The summed E-state index contributed by atoms with van der Waals surface area (Å²) < 4.78 is 10.9. The quantitative estimate of drug-likeness (QED) is 0.857. The van der Waals surface area contributed by atoms with Crippen LogP contribution in [0.15, 0.2) is 4.79 Å². The average molecular weight is 265 g/mol. The highest BCUT2D eigenvalue weighted by Crippen LogP contribution is 2.17. The standard InChI is InChI=1S/C13H19N3O3/c1-16(12-3-2-5-19-12)7-11-14-10-4-6-18-8-9(10)13(17)15-11/h12H,2-8H2,1H3,(H,14,15,17)/t12-/m0/s1. The van der Waals surface area contributed by atoms with E-state index in [1.54, 1.807) is 0 Å². The maximum Gasteiger partial charge on any atom is 0.256 e. The van der Waals surface area contributed by atoms with Crippen molar-refractivity contribution in [3.63, 3.8) is 0 Å². The molecule has 0 aliphatic carbocycles. The minimum Gasteiger partial charge on any atom is -0.376 e. The minimum atomic E-state index is -0.0690. The van der Waals surface area contributed by atoms with Gasteiger partial charge < -0.3 is 14.5 Å². The third-order valence-corrected chi connectivity index (χ3v) is 3.68. The molecule has 0 amide bonds. The molecular formula is C13H19N3O3. The molecule has 19 heavy (non-hydrogen) atoms. The third-order valence-electron chi connectivity index (χ3n) is 3.68. The Balaban J connectivity index is 1.77. The van der Waals surface area contributed by atoms with Crippen molar-refractivity contribution in [2.75, 3.05) is 20.3 Å². The molecule has 0 unspecified atom stereocenters. The van der Waals surface area contributed by atoms with Crippen molar-refractivity contribution in [3.05, 3.63) is 27.4 Å². The molecule has 0 aromatic carbocycles. The highest BCUT2D eigenvalue weighted by Gasteiger charge is 2.22. The van der Waals surface area contributed by atoms with Crippen LogP contribution < -0.4 is 5.56 Å². The summed E-state index contributed by atoms with van der Waals surface area (Å²) in [5, 5.41) is 0. The molecule has 1 N–H and O–H groups in total. The smallest absolute Gasteiger partial charge is 0.256 e. The average Bonchev–Trinajstić information content (AvgIpc) is 2.93. The number of aromatic nitrogens is 2. The Morgan fingerprint density at radius 1 is 1.47 bits per heavy atom. The van der Waals surface area contributed by atoms with Crippen LogP contribution in [0, 0.1) is 0 Å². The number of aromatic amines is 1. The van der Waals surface area contributed by atoms with E-state index in [0.717, 1.165) is 31.6 Å². The minimum absolute atomic E-state index is 0.0690. The highest BCUT2D eigenvalue weighted by molar-refractivity contribution is 5.19. The first-order valence-corrected chi connectivity index (χ1v) is 6.74. The Hall–Kier alpha value is -1.24. The van der Waals surface area contributed by atoms with Gasteiger partial charge in [-0.2, -0.15) is 0 Å². The van der Waals surface area contributed by atoms with E-state index < -0.39 is 0 Å². The van der Waals surface area contributed by atoms with Crippen LogP contribution in [0.3, 0.4) is 0 Å². The zero-order valence-electron chi connectivity index (χ0n) is 11.1. The number of nitrogens with one attached hydrogen (secondary N) is 1. The number of hydrogen-bond acceptors (Lipinski definition) is 5. The van der Waals surface area contributed by atoms with Crippen LogP contribution in [0.25, 0.3) is 0 Å². The fraction of sp³-hybridized carbons (Fsp3) is 0.692. The Labute approximate surface area is 111 Å². The maximum absolute atomic E-state index is 12.0. The van der Waals surface area contributed by atoms with Crippen LogP contribution in [0.2, 0.25) is 0 Å². The van der Waals surface area contributed by atoms with Crippen LogP contribution in [0.4, 0.5) is 0 Å². The number of rotatable bonds is 3. The summed E-state index contributed by atoms with van der Waals surface area (Å²) in [5.74, 6) is 0.712. The van der Waals surface area contributed by atoms with Crippen LogP contribution in [-0.4, -0.2) is 41.4 Å². The van der Waals surface area contributed by atoms with Gasteiger partial charge in [-0.15, -0.1) is 0 Å². The molecule has 2 aliphatic heterocycles. The monoisotopic (exact) mass is 265 g/mol. The van der Waals surface area contributed by atoms with Crippen molar-refractivity contribution in [3.8, 4) is 0 Å². The van der Waals surface area contributed by atoms with Crippen molar-refractivity contribution in [1.82, 2.24) is 14.9 Å². The highest BCUT2D eigenvalue weighted by atomic mass is 16.5. The van der Waals surface area contributed by atoms with E-state index in [-0.39, 0.29) is 11.8 Å². The van der Waals surface area contributed by atoms with Gasteiger partial charge in [0.1, 0.15) is 12.1 Å². The molecule has 104 valence electrons. The second kappa shape index (κ2) is 5.40. The number of fused-ring (bicyclic) bond motifs is 1. The topological polar surface area (TPSA) is 67.5 Å². The van der Waals surface area contributed by atoms with Crippen LogP contribution in [0.1, 0.15) is 29.9 Å². The zero-order chi connectivity index (χ0) is 13.2. The lowest BCUT2D eigenvalue weighted by atomic mass is 10.1. The van der Waals surface area contributed by atoms with Gasteiger partial charge in [0, 0.05) is 13.0 Å². The fourth-order valence-electron chi connectivity index (χ4n) is 2.62. The molecular weight excluding hydrogens is 246 g/mol. The normalized spacial score (nSPS) is 22.7. The van der Waals surface area contributed by atoms with Gasteiger partial charge in [0.15, 0.2) is 0 Å². The second-order valence-corrected chi connectivity index (χ2v) is 5.12. The summed E-state index contributed by atoms with van der Waals surface area (Å²) in [6, 6.07) is 0. The lowest BCUT2D eigenvalue weighted by molar-refractivity contribution is -0.0105. The molecule has 3 heterocycles. The van der Waals surface area contributed by atoms with Crippen molar-refractivity contribution in [2.45, 2.75) is 38.6 Å². The van der Waals surface area contributed by atoms with Gasteiger partial charge in [-0.3, -0.25) is 9.69 Å². The number of nitrogens with zero attached hydrogens (tertiary/aromatic N) is 2. The SMILES string of the molecule is CN(Cc1nc2c(c(=O)[nH]1)COCC2)[C@@H]1CCCO1. The van der Waals surface area contributed by atoms with Gasteiger partial charge in [-0.05, 0) is 19.9 Å². The zero-order valence-corrected chi connectivity index (χ0v) is 11.1. The summed E-state index contributed by atoms with van der Waals surface area (Å²) in [6.45, 7) is 2.44. The van der Waals surface area contributed by atoms with Gasteiger partial charge in [0.05, 0.1) is 31.0 Å². The van der Waals surface area contributed by atoms with Gasteiger partial charge in [0.25, 0.3) is 5.56 Å². The molecule has 0 spiro atoms. The number of ether oxygens (including phenoxy) is 2. The van der Waals surface area contributed by atoms with E-state index in [9.17, 15) is 4.79 Å². The largest absolute Gasteiger partial charge is 0.376 e. The van der Waals surface area contributed by atoms with Gasteiger partial charge >= 0.3 is 0 Å². The first-order chi connectivity index (χ1) is 9.24.